The second kappa shape index (κ2) is 17.9. The van der Waals surface area contributed by atoms with Crippen molar-refractivity contribution in [1.29, 1.82) is 0 Å². The normalized spacial score (nSPS) is 14.1. The van der Waals surface area contributed by atoms with Crippen LogP contribution in [-0.2, 0) is 32.6 Å². The molecule has 1 saturated carbocycles. The molecule has 4 aromatic rings. The first-order chi connectivity index (χ1) is 24.2. The molecule has 1 unspecified atom stereocenters. The molecule has 4 aromatic carbocycles. The molecule has 11 heteroatoms. The predicted molar refractivity (Wildman–Crippen MR) is 204 cm³/mol. The number of ether oxygens (including phenoxy) is 1. The third kappa shape index (κ3) is 9.92. The van der Waals surface area contributed by atoms with E-state index < -0.39 is 28.5 Å². The minimum Gasteiger partial charge on any atom is -0.494 e. The second-order valence-corrected chi connectivity index (χ2v) is 16.0. The van der Waals surface area contributed by atoms with E-state index in [1.807, 2.05) is 67.8 Å². The van der Waals surface area contributed by atoms with Gasteiger partial charge in [-0.25, -0.2) is 8.42 Å². The molecule has 264 valence electrons. The fraction of sp³-hybridized carbons (Fsp3) is 0.333. The number of sulfonamides is 1. The van der Waals surface area contributed by atoms with Gasteiger partial charge < -0.3 is 15.0 Å². The lowest BCUT2D eigenvalue weighted by molar-refractivity contribution is -0.140. The molecular weight excluding hydrogens is 734 g/mol. The van der Waals surface area contributed by atoms with E-state index in [2.05, 4.69) is 21.2 Å². The van der Waals surface area contributed by atoms with E-state index in [1.54, 1.807) is 53.4 Å². The van der Waals surface area contributed by atoms with Crippen molar-refractivity contribution >= 4 is 55.2 Å². The van der Waals surface area contributed by atoms with Crippen LogP contribution in [0.15, 0.2) is 117 Å². The minimum absolute atomic E-state index is 0.0316. The maximum Gasteiger partial charge on any atom is 0.264 e. The van der Waals surface area contributed by atoms with Gasteiger partial charge in [-0.15, -0.1) is 11.8 Å². The van der Waals surface area contributed by atoms with Crippen LogP contribution in [0.1, 0.15) is 50.2 Å². The highest BCUT2D eigenvalue weighted by molar-refractivity contribution is 9.10. The van der Waals surface area contributed by atoms with E-state index in [4.69, 9.17) is 4.74 Å². The highest BCUT2D eigenvalue weighted by Crippen LogP contribution is 2.28. The highest BCUT2D eigenvalue weighted by Gasteiger charge is 2.35. The van der Waals surface area contributed by atoms with Gasteiger partial charge in [0.2, 0.25) is 11.8 Å². The molecule has 2 amide bonds. The monoisotopic (exact) mass is 777 g/mol. The van der Waals surface area contributed by atoms with Gasteiger partial charge in [-0.2, -0.15) is 0 Å². The van der Waals surface area contributed by atoms with Crippen molar-refractivity contribution in [3.8, 4) is 5.75 Å². The van der Waals surface area contributed by atoms with Gasteiger partial charge in [0.05, 0.1) is 17.2 Å². The van der Waals surface area contributed by atoms with Crippen LogP contribution in [0.3, 0.4) is 0 Å². The maximum absolute atomic E-state index is 14.8. The van der Waals surface area contributed by atoms with Gasteiger partial charge in [0, 0.05) is 28.4 Å². The molecule has 1 fully saturated rings. The van der Waals surface area contributed by atoms with Gasteiger partial charge in [0.1, 0.15) is 18.3 Å². The Hall–Kier alpha value is -3.80. The van der Waals surface area contributed by atoms with Gasteiger partial charge in [-0.3, -0.25) is 13.9 Å². The van der Waals surface area contributed by atoms with E-state index in [0.29, 0.717) is 18.0 Å². The summed E-state index contributed by atoms with van der Waals surface area (Å²) in [6, 6.07) is 29.6. The van der Waals surface area contributed by atoms with Crippen molar-refractivity contribution in [2.45, 2.75) is 73.9 Å². The van der Waals surface area contributed by atoms with Crippen LogP contribution in [0.25, 0.3) is 0 Å². The summed E-state index contributed by atoms with van der Waals surface area (Å²) in [4.78, 5) is 31.6. The summed E-state index contributed by atoms with van der Waals surface area (Å²) in [7, 11) is -4.21. The smallest absolute Gasteiger partial charge is 0.264 e. The van der Waals surface area contributed by atoms with Crippen molar-refractivity contribution in [1.82, 2.24) is 10.2 Å². The molecule has 1 atom stereocenters. The summed E-state index contributed by atoms with van der Waals surface area (Å²) in [5.41, 5.74) is 2.02. The van der Waals surface area contributed by atoms with E-state index in [1.165, 1.54) is 11.8 Å². The molecule has 0 spiro atoms. The minimum atomic E-state index is -4.21. The highest BCUT2D eigenvalue weighted by atomic mass is 79.9. The number of nitrogens with zero attached hydrogens (tertiary/aromatic N) is 2. The second-order valence-electron chi connectivity index (χ2n) is 12.3. The first-order valence-corrected chi connectivity index (χ1v) is 20.4. The zero-order valence-corrected chi connectivity index (χ0v) is 31.7. The number of carbonyl (C=O) groups is 2. The van der Waals surface area contributed by atoms with E-state index in [0.717, 1.165) is 56.9 Å². The quantitative estimate of drug-likeness (QED) is 0.124. The van der Waals surface area contributed by atoms with E-state index in [9.17, 15) is 18.0 Å². The summed E-state index contributed by atoms with van der Waals surface area (Å²) < 4.78 is 36.4. The van der Waals surface area contributed by atoms with Crippen molar-refractivity contribution in [3.05, 3.63) is 119 Å². The number of carbonyl (C=O) groups excluding carboxylic acids is 2. The van der Waals surface area contributed by atoms with Gasteiger partial charge in [0.25, 0.3) is 10.0 Å². The standard InChI is InChI=1S/C39H44BrN3O5S2/c1-3-48-34-20-18-33(19-21-34)43(50(46,47)36-24-22-35(49-2)23-25-36)28-38(44)42(27-30-14-16-31(40)17-15-30)37(26-29-10-6-4-7-11-29)39(45)41-32-12-8-5-9-13-32/h4,6-7,10-11,14-25,32,37H,3,5,8-9,12-13,26-28H2,1-2H3,(H,41,45). The van der Waals surface area contributed by atoms with Crippen LogP contribution < -0.4 is 14.4 Å². The largest absolute Gasteiger partial charge is 0.494 e. The lowest BCUT2D eigenvalue weighted by Crippen LogP contribution is -2.55. The Kier molecular flexibility index (Phi) is 13.4. The van der Waals surface area contributed by atoms with Gasteiger partial charge in [-0.1, -0.05) is 77.7 Å². The molecule has 0 heterocycles. The summed E-state index contributed by atoms with van der Waals surface area (Å²) in [5.74, 6) is -0.149. The number of thioether (sulfide) groups is 1. The molecule has 0 radical (unpaired) electrons. The summed E-state index contributed by atoms with van der Waals surface area (Å²) >= 11 is 5.00. The number of amides is 2. The molecule has 1 N–H and O–H groups in total. The molecule has 1 aliphatic carbocycles. The van der Waals surface area contributed by atoms with Gasteiger partial charge >= 0.3 is 0 Å². The Labute approximate surface area is 308 Å². The zero-order chi connectivity index (χ0) is 35.5. The number of nitrogens with one attached hydrogen (secondary N) is 1. The van der Waals surface area contributed by atoms with Crippen molar-refractivity contribution in [2.75, 3.05) is 23.7 Å². The summed E-state index contributed by atoms with van der Waals surface area (Å²) in [5, 5.41) is 3.25. The molecule has 0 aliphatic heterocycles. The Bertz CT molecular complexity index is 1800. The third-order valence-electron chi connectivity index (χ3n) is 8.85. The topological polar surface area (TPSA) is 96.0 Å². The fourth-order valence-electron chi connectivity index (χ4n) is 6.16. The Morgan fingerprint density at radius 1 is 0.880 bits per heavy atom. The molecule has 5 rings (SSSR count). The van der Waals surface area contributed by atoms with Crippen molar-refractivity contribution in [2.24, 2.45) is 0 Å². The predicted octanol–water partition coefficient (Wildman–Crippen LogP) is 7.85. The van der Waals surface area contributed by atoms with Gasteiger partial charge in [-0.05, 0) is 97.8 Å². The molecule has 0 saturated heterocycles. The lowest BCUT2D eigenvalue weighted by Gasteiger charge is -2.35. The third-order valence-corrected chi connectivity index (χ3v) is 11.9. The molecule has 1 aliphatic rings. The number of anilines is 1. The molecule has 0 bridgehead atoms. The number of hydrogen-bond acceptors (Lipinski definition) is 6. The van der Waals surface area contributed by atoms with E-state index in [-0.39, 0.29) is 29.8 Å². The van der Waals surface area contributed by atoms with Crippen molar-refractivity contribution in [3.63, 3.8) is 0 Å². The first kappa shape index (κ1) is 37.5. The zero-order valence-electron chi connectivity index (χ0n) is 28.5. The summed E-state index contributed by atoms with van der Waals surface area (Å²) in [6.07, 6.45) is 7.21. The summed E-state index contributed by atoms with van der Waals surface area (Å²) in [6.45, 7) is 1.93. The van der Waals surface area contributed by atoms with Crippen molar-refractivity contribution < 1.29 is 22.7 Å². The fourth-order valence-corrected chi connectivity index (χ4v) is 8.25. The maximum atomic E-state index is 14.8. The molecule has 0 aromatic heterocycles. The average molecular weight is 779 g/mol. The average Bonchev–Trinajstić information content (AvgIpc) is 3.14. The number of halogens is 1. The van der Waals surface area contributed by atoms with Gasteiger partial charge in [0.15, 0.2) is 0 Å². The number of benzene rings is 4. The Balaban J connectivity index is 1.56. The molecule has 50 heavy (non-hydrogen) atoms. The molecular formula is C39H44BrN3O5S2. The van der Waals surface area contributed by atoms with Crippen LogP contribution >= 0.6 is 27.7 Å². The first-order valence-electron chi connectivity index (χ1n) is 17.0. The van der Waals surface area contributed by atoms with Crippen LogP contribution in [-0.4, -0.2) is 56.6 Å². The van der Waals surface area contributed by atoms with Crippen LogP contribution in [0.4, 0.5) is 5.69 Å². The number of rotatable bonds is 15. The van der Waals surface area contributed by atoms with Crippen LogP contribution in [0.2, 0.25) is 0 Å². The molecule has 8 nitrogen and oxygen atoms in total. The van der Waals surface area contributed by atoms with E-state index >= 15 is 0 Å². The van der Waals surface area contributed by atoms with Crippen LogP contribution in [0.5, 0.6) is 5.75 Å². The van der Waals surface area contributed by atoms with Crippen LogP contribution in [0, 0.1) is 0 Å². The Morgan fingerprint density at radius 2 is 1.54 bits per heavy atom. The SMILES string of the molecule is CCOc1ccc(N(CC(=O)N(Cc2ccc(Br)cc2)C(Cc2ccccc2)C(=O)NC2CCCCC2)S(=O)(=O)c2ccc(SC)cc2)cc1. The number of hydrogen-bond donors (Lipinski definition) is 1. The Morgan fingerprint density at radius 3 is 2.16 bits per heavy atom. The lowest BCUT2D eigenvalue weighted by atomic mass is 9.94.